The molecule has 1 atom stereocenters. The molecule has 1 saturated heterocycles. The summed E-state index contributed by atoms with van der Waals surface area (Å²) in [5, 5.41) is 7.77. The Labute approximate surface area is 181 Å². The summed E-state index contributed by atoms with van der Waals surface area (Å²) in [5.74, 6) is 1.77. The van der Waals surface area contributed by atoms with Gasteiger partial charge in [0.15, 0.2) is 5.96 Å². The number of aliphatic imine (C=N–C) groups is 1. The number of nitrogens with zero attached hydrogens (tertiary/aromatic N) is 4. The molecule has 4 rings (SSSR count). The van der Waals surface area contributed by atoms with Crippen LogP contribution in [0, 0.1) is 0 Å². The number of morpholine rings is 1. The highest BCUT2D eigenvalue weighted by molar-refractivity contribution is 7.15. The SMILES string of the molecule is CN=C(NCc1ccc(-c2ccc(OC)cc2)s1)N1CCOC(c2cnn(C)c2)C1. The van der Waals surface area contributed by atoms with Gasteiger partial charge in [-0.05, 0) is 42.0 Å². The summed E-state index contributed by atoms with van der Waals surface area (Å²) in [6.07, 6.45) is 3.89. The second-order valence-corrected chi connectivity index (χ2v) is 8.32. The topological polar surface area (TPSA) is 63.9 Å². The molecule has 0 radical (unpaired) electrons. The molecule has 7 nitrogen and oxygen atoms in total. The number of nitrogens with one attached hydrogen (secondary N) is 1. The van der Waals surface area contributed by atoms with Crippen LogP contribution in [-0.4, -0.2) is 54.5 Å². The van der Waals surface area contributed by atoms with Gasteiger partial charge < -0.3 is 19.7 Å². The molecule has 158 valence electrons. The minimum atomic E-state index is 0.00872. The lowest BCUT2D eigenvalue weighted by Gasteiger charge is -2.34. The third-order valence-electron chi connectivity index (χ3n) is 5.13. The normalized spacial score (nSPS) is 17.2. The van der Waals surface area contributed by atoms with Gasteiger partial charge in [0.2, 0.25) is 0 Å². The predicted octanol–water partition coefficient (Wildman–Crippen LogP) is 3.31. The largest absolute Gasteiger partial charge is 0.497 e. The fourth-order valence-corrected chi connectivity index (χ4v) is 4.48. The lowest BCUT2D eigenvalue weighted by atomic mass is 10.1. The molecule has 1 aliphatic heterocycles. The zero-order valence-electron chi connectivity index (χ0n) is 17.5. The van der Waals surface area contributed by atoms with Crippen LogP contribution < -0.4 is 10.1 Å². The molecule has 8 heteroatoms. The van der Waals surface area contributed by atoms with Crippen molar-refractivity contribution in [3.8, 4) is 16.2 Å². The van der Waals surface area contributed by atoms with Crippen molar-refractivity contribution in [3.05, 3.63) is 59.2 Å². The standard InChI is InChI=1S/C22H27N5O2S/c1-23-22(27-10-11-29-20(15-27)17-12-25-26(2)14-17)24-13-19-8-9-21(30-19)16-4-6-18(28-3)7-5-16/h4-9,12,14,20H,10-11,13,15H2,1-3H3,(H,23,24). The molecule has 3 heterocycles. The van der Waals surface area contributed by atoms with Crippen LogP contribution >= 0.6 is 11.3 Å². The lowest BCUT2D eigenvalue weighted by Crippen LogP contribution is -2.47. The van der Waals surface area contributed by atoms with Crippen molar-refractivity contribution >= 4 is 17.3 Å². The predicted molar refractivity (Wildman–Crippen MR) is 120 cm³/mol. The maximum absolute atomic E-state index is 5.95. The Morgan fingerprint density at radius 3 is 2.83 bits per heavy atom. The minimum Gasteiger partial charge on any atom is -0.497 e. The van der Waals surface area contributed by atoms with E-state index < -0.39 is 0 Å². The highest BCUT2D eigenvalue weighted by Crippen LogP contribution is 2.29. The van der Waals surface area contributed by atoms with Crippen LogP contribution in [0.5, 0.6) is 5.75 Å². The molecule has 0 bridgehead atoms. The summed E-state index contributed by atoms with van der Waals surface area (Å²) < 4.78 is 13.0. The van der Waals surface area contributed by atoms with Gasteiger partial charge in [0, 0.05) is 42.2 Å². The van der Waals surface area contributed by atoms with Crippen molar-refractivity contribution in [2.24, 2.45) is 12.0 Å². The number of rotatable bonds is 5. The minimum absolute atomic E-state index is 0.00872. The number of aromatic nitrogens is 2. The van der Waals surface area contributed by atoms with Gasteiger partial charge in [-0.2, -0.15) is 5.10 Å². The Hall–Kier alpha value is -2.84. The van der Waals surface area contributed by atoms with Gasteiger partial charge in [-0.15, -0.1) is 11.3 Å². The summed E-state index contributed by atoms with van der Waals surface area (Å²) in [4.78, 5) is 9.25. The lowest BCUT2D eigenvalue weighted by molar-refractivity contribution is -0.00804. The molecule has 1 N–H and O–H groups in total. The van der Waals surface area contributed by atoms with Crippen LogP contribution in [0.15, 0.2) is 53.8 Å². The molecule has 1 aromatic carbocycles. The molecule has 0 spiro atoms. The van der Waals surface area contributed by atoms with Gasteiger partial charge in [0.05, 0.1) is 33.0 Å². The Balaban J connectivity index is 1.37. The van der Waals surface area contributed by atoms with Crippen molar-refractivity contribution in [2.75, 3.05) is 33.9 Å². The molecule has 1 fully saturated rings. The van der Waals surface area contributed by atoms with Crippen molar-refractivity contribution in [1.82, 2.24) is 20.0 Å². The number of hydrogen-bond acceptors (Lipinski definition) is 5. The van der Waals surface area contributed by atoms with E-state index in [1.54, 1.807) is 18.4 Å². The first-order chi connectivity index (χ1) is 14.7. The van der Waals surface area contributed by atoms with Gasteiger partial charge >= 0.3 is 0 Å². The molecule has 0 saturated carbocycles. The molecular weight excluding hydrogens is 398 g/mol. The van der Waals surface area contributed by atoms with Crippen LogP contribution in [0.2, 0.25) is 0 Å². The van der Waals surface area contributed by atoms with E-state index in [1.807, 2.05) is 43.3 Å². The van der Waals surface area contributed by atoms with E-state index in [1.165, 1.54) is 15.3 Å². The van der Waals surface area contributed by atoms with E-state index in [4.69, 9.17) is 9.47 Å². The average Bonchev–Trinajstić information content (AvgIpc) is 3.44. The highest BCUT2D eigenvalue weighted by atomic mass is 32.1. The first-order valence-electron chi connectivity index (χ1n) is 9.95. The van der Waals surface area contributed by atoms with Gasteiger partial charge in [0.1, 0.15) is 11.9 Å². The van der Waals surface area contributed by atoms with Crippen LogP contribution in [0.4, 0.5) is 0 Å². The fourth-order valence-electron chi connectivity index (χ4n) is 3.53. The molecule has 1 aliphatic rings. The molecule has 2 aromatic heterocycles. The number of hydrogen-bond donors (Lipinski definition) is 1. The maximum Gasteiger partial charge on any atom is 0.194 e. The third kappa shape index (κ3) is 4.66. The van der Waals surface area contributed by atoms with E-state index >= 15 is 0 Å². The second kappa shape index (κ2) is 9.32. The van der Waals surface area contributed by atoms with E-state index in [-0.39, 0.29) is 6.10 Å². The number of benzene rings is 1. The number of guanidine groups is 1. The highest BCUT2D eigenvalue weighted by Gasteiger charge is 2.25. The van der Waals surface area contributed by atoms with Crippen LogP contribution in [0.1, 0.15) is 16.5 Å². The molecule has 30 heavy (non-hydrogen) atoms. The Morgan fingerprint density at radius 2 is 2.13 bits per heavy atom. The smallest absolute Gasteiger partial charge is 0.194 e. The monoisotopic (exact) mass is 425 g/mol. The summed E-state index contributed by atoms with van der Waals surface area (Å²) in [7, 11) is 5.43. The van der Waals surface area contributed by atoms with E-state index in [0.717, 1.165) is 36.9 Å². The zero-order valence-corrected chi connectivity index (χ0v) is 18.4. The Bertz CT molecular complexity index is 995. The Morgan fingerprint density at radius 1 is 1.30 bits per heavy atom. The molecule has 0 amide bonds. The summed E-state index contributed by atoms with van der Waals surface area (Å²) in [5.41, 5.74) is 2.30. The number of methoxy groups -OCH3 is 1. The van der Waals surface area contributed by atoms with Crippen LogP contribution in [0.25, 0.3) is 10.4 Å². The Kier molecular flexibility index (Phi) is 6.35. The van der Waals surface area contributed by atoms with Crippen molar-refractivity contribution < 1.29 is 9.47 Å². The van der Waals surface area contributed by atoms with E-state index in [9.17, 15) is 0 Å². The zero-order chi connectivity index (χ0) is 20.9. The van der Waals surface area contributed by atoms with E-state index in [0.29, 0.717) is 6.61 Å². The molecule has 0 aliphatic carbocycles. The summed E-state index contributed by atoms with van der Waals surface area (Å²) in [6, 6.07) is 12.5. The quantitative estimate of drug-likeness (QED) is 0.502. The van der Waals surface area contributed by atoms with Gasteiger partial charge in [0.25, 0.3) is 0 Å². The van der Waals surface area contributed by atoms with Crippen molar-refractivity contribution in [3.63, 3.8) is 0 Å². The second-order valence-electron chi connectivity index (χ2n) is 7.15. The van der Waals surface area contributed by atoms with Crippen LogP contribution in [-0.2, 0) is 18.3 Å². The number of thiophene rings is 1. The average molecular weight is 426 g/mol. The summed E-state index contributed by atoms with van der Waals surface area (Å²) >= 11 is 1.79. The van der Waals surface area contributed by atoms with Gasteiger partial charge in [-0.3, -0.25) is 9.67 Å². The molecule has 3 aromatic rings. The summed E-state index contributed by atoms with van der Waals surface area (Å²) in [6.45, 7) is 2.98. The molecule has 1 unspecified atom stereocenters. The van der Waals surface area contributed by atoms with Crippen LogP contribution in [0.3, 0.4) is 0 Å². The molecular formula is C22H27N5O2S. The third-order valence-corrected chi connectivity index (χ3v) is 6.27. The number of ether oxygens (including phenoxy) is 2. The van der Waals surface area contributed by atoms with E-state index in [2.05, 4.69) is 44.6 Å². The van der Waals surface area contributed by atoms with Crippen molar-refractivity contribution in [2.45, 2.75) is 12.6 Å². The first-order valence-corrected chi connectivity index (χ1v) is 10.8. The first kappa shape index (κ1) is 20.4. The van der Waals surface area contributed by atoms with Crippen molar-refractivity contribution in [1.29, 1.82) is 0 Å². The fraction of sp³-hybridized carbons (Fsp3) is 0.364. The number of aryl methyl sites for hydroxylation is 1. The van der Waals surface area contributed by atoms with Gasteiger partial charge in [-0.25, -0.2) is 0 Å². The van der Waals surface area contributed by atoms with Gasteiger partial charge in [-0.1, -0.05) is 0 Å². The maximum atomic E-state index is 5.95.